The van der Waals surface area contributed by atoms with Crippen LogP contribution < -0.4 is 20.6 Å². The molecular weight excluding hydrogens is 745 g/mol. The highest BCUT2D eigenvalue weighted by atomic mass is 32.1. The lowest BCUT2D eigenvalue weighted by atomic mass is 9.87. The van der Waals surface area contributed by atoms with Gasteiger partial charge in [0.2, 0.25) is 0 Å². The molecule has 0 N–H and O–H groups in total. The molecule has 0 radical (unpaired) electrons. The van der Waals surface area contributed by atoms with Crippen molar-refractivity contribution >= 4 is 63.8 Å². The molecule has 0 spiro atoms. The van der Waals surface area contributed by atoms with Crippen LogP contribution in [0, 0.1) is 0 Å². The summed E-state index contributed by atoms with van der Waals surface area (Å²) in [4.78, 5) is 57.9. The number of rotatable bonds is 6. The molecule has 0 aliphatic carbocycles. The molecule has 12 nitrogen and oxygen atoms in total. The minimum absolute atomic E-state index is 0.0199. The summed E-state index contributed by atoms with van der Waals surface area (Å²) >= 11 is 2.42. The van der Waals surface area contributed by atoms with E-state index in [0.717, 1.165) is 11.1 Å². The van der Waals surface area contributed by atoms with E-state index in [9.17, 15) is 9.59 Å². The lowest BCUT2D eigenvalue weighted by molar-refractivity contribution is 0.426. The summed E-state index contributed by atoms with van der Waals surface area (Å²) in [6, 6.07) is 22.4. The Bertz CT molecular complexity index is 2890. The lowest BCUT2D eigenvalue weighted by Crippen LogP contribution is -2.23. The van der Waals surface area contributed by atoms with E-state index in [1.165, 1.54) is 31.8 Å². The zero-order valence-corrected chi connectivity index (χ0v) is 32.9. The topological polar surface area (TPSA) is 140 Å². The highest BCUT2D eigenvalue weighted by Gasteiger charge is 2.24. The molecule has 6 aromatic heterocycles. The summed E-state index contributed by atoms with van der Waals surface area (Å²) in [5, 5.41) is 0. The van der Waals surface area contributed by atoms with Gasteiger partial charge in [0.1, 0.15) is 52.6 Å². The van der Waals surface area contributed by atoms with Gasteiger partial charge in [-0.05, 0) is 64.4 Å². The van der Waals surface area contributed by atoms with Gasteiger partial charge in [0, 0.05) is 24.8 Å². The average molecular weight is 779 g/mol. The van der Waals surface area contributed by atoms with Crippen molar-refractivity contribution in [2.75, 3.05) is 0 Å². The normalized spacial score (nSPS) is 12.2. The summed E-state index contributed by atoms with van der Waals surface area (Å²) in [6.07, 6.45) is 6.30. The number of nitrogens with zero attached hydrogens (tertiary/aromatic N) is 8. The van der Waals surface area contributed by atoms with E-state index in [1.54, 1.807) is 49.1 Å². The van der Waals surface area contributed by atoms with Gasteiger partial charge in [0.15, 0.2) is 0 Å². The fourth-order valence-corrected chi connectivity index (χ4v) is 8.36. The van der Waals surface area contributed by atoms with Crippen LogP contribution >= 0.6 is 22.7 Å². The smallest absolute Gasteiger partial charge is 0.310 e. The van der Waals surface area contributed by atoms with Crippen LogP contribution in [0.2, 0.25) is 0 Å². The Morgan fingerprint density at radius 3 is 1.30 bits per heavy atom. The predicted molar refractivity (Wildman–Crippen MR) is 221 cm³/mol. The van der Waals surface area contributed by atoms with Gasteiger partial charge in [-0.3, -0.25) is 9.59 Å². The zero-order chi connectivity index (χ0) is 38.9. The first-order valence-electron chi connectivity index (χ1n) is 17.8. The first-order valence-corrected chi connectivity index (χ1v) is 19.5. The van der Waals surface area contributed by atoms with Gasteiger partial charge in [-0.15, -0.1) is 22.7 Å². The molecule has 0 fully saturated rings. The zero-order valence-electron chi connectivity index (χ0n) is 31.3. The molecule has 0 saturated carbocycles. The SMILES string of the molecule is CC(C)(C)c1ccc(Oc2nc3c(sc4nccnc43)c(=O)n2-c2cccc(-n3c(Oc4ccc(C(C)(C)C)cc4)nc4c(sc5nccnc54)c3=O)c2)cc1. The fraction of sp³-hybridized carbons (Fsp3) is 0.190. The third-order valence-corrected chi connectivity index (χ3v) is 11.5. The van der Waals surface area contributed by atoms with Crippen molar-refractivity contribution < 1.29 is 9.47 Å². The van der Waals surface area contributed by atoms with Crippen LogP contribution in [0.4, 0.5) is 0 Å². The van der Waals surface area contributed by atoms with Crippen molar-refractivity contribution in [1.29, 1.82) is 0 Å². The molecule has 0 bridgehead atoms. The third-order valence-electron chi connectivity index (χ3n) is 9.40. The number of ether oxygens (including phenoxy) is 2. The van der Waals surface area contributed by atoms with E-state index in [1.807, 2.05) is 48.5 Å². The van der Waals surface area contributed by atoms with Crippen LogP contribution in [0.5, 0.6) is 23.5 Å². The average Bonchev–Trinajstić information content (AvgIpc) is 3.74. The van der Waals surface area contributed by atoms with Crippen LogP contribution in [0.3, 0.4) is 0 Å². The van der Waals surface area contributed by atoms with Crippen molar-refractivity contribution in [2.24, 2.45) is 0 Å². The molecule has 6 heterocycles. The predicted octanol–water partition coefficient (Wildman–Crippen LogP) is 9.27. The maximum Gasteiger partial charge on any atom is 0.310 e. The molecule has 9 aromatic rings. The van der Waals surface area contributed by atoms with E-state index in [0.29, 0.717) is 64.0 Å². The molecule has 0 aliphatic rings. The largest absolute Gasteiger partial charge is 0.425 e. The number of fused-ring (bicyclic) bond motifs is 6. The molecule has 0 aliphatic heterocycles. The van der Waals surface area contributed by atoms with Crippen LogP contribution in [-0.2, 0) is 10.8 Å². The van der Waals surface area contributed by atoms with Gasteiger partial charge in [0.25, 0.3) is 11.1 Å². The highest BCUT2D eigenvalue weighted by molar-refractivity contribution is 7.25. The molecule has 9 rings (SSSR count). The molecule has 0 atom stereocenters. The minimum atomic E-state index is -0.378. The van der Waals surface area contributed by atoms with E-state index in [-0.39, 0.29) is 34.0 Å². The summed E-state index contributed by atoms with van der Waals surface area (Å²) < 4.78 is 16.4. The second-order valence-electron chi connectivity index (χ2n) is 15.3. The molecule has 278 valence electrons. The Morgan fingerprint density at radius 1 is 0.518 bits per heavy atom. The third kappa shape index (κ3) is 6.16. The van der Waals surface area contributed by atoms with Crippen molar-refractivity contribution in [3.05, 3.63) is 129 Å². The van der Waals surface area contributed by atoms with E-state index in [4.69, 9.17) is 19.4 Å². The van der Waals surface area contributed by atoms with Gasteiger partial charge in [-0.2, -0.15) is 9.97 Å². The van der Waals surface area contributed by atoms with E-state index >= 15 is 0 Å². The molecule has 3 aromatic carbocycles. The number of thiophene rings is 2. The first kappa shape index (κ1) is 35.3. The fourth-order valence-electron chi connectivity index (χ4n) is 6.42. The molecule has 14 heteroatoms. The second-order valence-corrected chi connectivity index (χ2v) is 17.3. The molecule has 0 unspecified atom stereocenters. The van der Waals surface area contributed by atoms with Crippen LogP contribution in [0.15, 0.2) is 107 Å². The summed E-state index contributed by atoms with van der Waals surface area (Å²) in [5.74, 6) is 0.983. The maximum atomic E-state index is 14.6. The quantitative estimate of drug-likeness (QED) is 0.160. The van der Waals surface area contributed by atoms with Crippen molar-refractivity contribution in [3.63, 3.8) is 0 Å². The van der Waals surface area contributed by atoms with E-state index < -0.39 is 0 Å². The molecular formula is C42H34N8O4S2. The monoisotopic (exact) mass is 778 g/mol. The molecule has 0 amide bonds. The molecule has 0 saturated heterocycles. The van der Waals surface area contributed by atoms with Crippen LogP contribution in [0.25, 0.3) is 52.5 Å². The number of benzene rings is 3. The van der Waals surface area contributed by atoms with Crippen molar-refractivity contribution in [2.45, 2.75) is 52.4 Å². The Kier molecular flexibility index (Phi) is 8.29. The van der Waals surface area contributed by atoms with Crippen molar-refractivity contribution in [3.8, 4) is 34.9 Å². The van der Waals surface area contributed by atoms with Gasteiger partial charge in [0.05, 0.1) is 11.4 Å². The van der Waals surface area contributed by atoms with E-state index in [2.05, 4.69) is 61.5 Å². The van der Waals surface area contributed by atoms with Crippen LogP contribution in [0.1, 0.15) is 52.7 Å². The highest BCUT2D eigenvalue weighted by Crippen LogP contribution is 2.35. The Balaban J connectivity index is 1.24. The second kappa shape index (κ2) is 13.1. The van der Waals surface area contributed by atoms with Crippen LogP contribution in [-0.4, -0.2) is 39.0 Å². The minimum Gasteiger partial charge on any atom is -0.425 e. The first-order chi connectivity index (χ1) is 26.8. The summed E-state index contributed by atoms with van der Waals surface area (Å²) in [6.45, 7) is 12.8. The van der Waals surface area contributed by atoms with Gasteiger partial charge in [-0.1, -0.05) is 71.9 Å². The standard InChI is InChI=1S/C42H34N8O4S2/c1-41(2,3)23-10-14-27(15-11-23)53-39-47-29-31-35(45-20-18-43-31)55-33(29)37(51)49(39)25-8-7-9-26(22-25)50-38(52)34-30(32-36(56-34)46-21-19-44-32)48-40(50)54-28-16-12-24(13-17-28)42(4,5)6/h7-22H,1-6H3. The number of hydrogen-bond donors (Lipinski definition) is 0. The Labute approximate surface area is 327 Å². The Morgan fingerprint density at radius 2 is 0.911 bits per heavy atom. The number of aromatic nitrogens is 8. The summed E-state index contributed by atoms with van der Waals surface area (Å²) in [7, 11) is 0. The van der Waals surface area contributed by atoms with Gasteiger partial charge in [-0.25, -0.2) is 29.1 Å². The Hall–Kier alpha value is -6.38. The van der Waals surface area contributed by atoms with Crippen molar-refractivity contribution in [1.82, 2.24) is 39.0 Å². The lowest BCUT2D eigenvalue weighted by Gasteiger charge is -2.20. The van der Waals surface area contributed by atoms with Gasteiger partial charge >= 0.3 is 12.0 Å². The molecule has 56 heavy (non-hydrogen) atoms. The number of hydrogen-bond acceptors (Lipinski definition) is 12. The van der Waals surface area contributed by atoms with Gasteiger partial charge < -0.3 is 9.47 Å². The maximum absolute atomic E-state index is 14.6. The summed E-state index contributed by atoms with van der Waals surface area (Å²) in [5.41, 5.74) is 3.96.